The second-order valence-electron chi connectivity index (χ2n) is 4.40. The number of hydrogen-bond acceptors (Lipinski definition) is 4. The van der Waals surface area contributed by atoms with Crippen molar-refractivity contribution >= 4 is 11.7 Å². The zero-order valence-electron chi connectivity index (χ0n) is 11.7. The molecule has 0 aliphatic carbocycles. The fourth-order valence-electron chi connectivity index (χ4n) is 1.79. The Morgan fingerprint density at radius 1 is 1.35 bits per heavy atom. The molecule has 0 radical (unpaired) electrons. The molecule has 0 fully saturated rings. The number of amides is 1. The Morgan fingerprint density at radius 2 is 2.10 bits per heavy atom. The zero-order chi connectivity index (χ0) is 14.4. The Balaban J connectivity index is 1.80. The van der Waals surface area contributed by atoms with Gasteiger partial charge >= 0.3 is 0 Å². The van der Waals surface area contributed by atoms with Crippen molar-refractivity contribution in [3.63, 3.8) is 0 Å². The lowest BCUT2D eigenvalue weighted by molar-refractivity contribution is -0.116. The van der Waals surface area contributed by atoms with Gasteiger partial charge in [0, 0.05) is 13.5 Å². The van der Waals surface area contributed by atoms with Crippen LogP contribution in [0.4, 0.5) is 5.82 Å². The average molecular weight is 274 g/mol. The highest BCUT2D eigenvalue weighted by Crippen LogP contribution is 2.13. The molecule has 6 nitrogen and oxygen atoms in total. The SMILES string of the molecule is CCOc1ccc(CCC(=O)Nc2cn(C)nn2)cc1. The van der Waals surface area contributed by atoms with Crippen molar-refractivity contribution in [2.24, 2.45) is 7.05 Å². The summed E-state index contributed by atoms with van der Waals surface area (Å²) >= 11 is 0. The van der Waals surface area contributed by atoms with Crippen LogP contribution in [0.1, 0.15) is 18.9 Å². The monoisotopic (exact) mass is 274 g/mol. The van der Waals surface area contributed by atoms with Gasteiger partial charge in [-0.05, 0) is 31.0 Å². The highest BCUT2D eigenvalue weighted by Gasteiger charge is 2.05. The van der Waals surface area contributed by atoms with Crippen molar-refractivity contribution in [1.82, 2.24) is 15.0 Å². The largest absolute Gasteiger partial charge is 0.494 e. The van der Waals surface area contributed by atoms with E-state index in [0.29, 0.717) is 25.3 Å². The lowest BCUT2D eigenvalue weighted by Gasteiger charge is -2.05. The third kappa shape index (κ3) is 4.08. The van der Waals surface area contributed by atoms with Crippen LogP contribution in [-0.4, -0.2) is 27.5 Å². The minimum absolute atomic E-state index is 0.0700. The summed E-state index contributed by atoms with van der Waals surface area (Å²) in [6.07, 6.45) is 2.75. The minimum atomic E-state index is -0.0700. The molecule has 1 heterocycles. The summed E-state index contributed by atoms with van der Waals surface area (Å²) in [4.78, 5) is 11.8. The minimum Gasteiger partial charge on any atom is -0.494 e. The van der Waals surface area contributed by atoms with Gasteiger partial charge in [0.2, 0.25) is 5.91 Å². The Morgan fingerprint density at radius 3 is 2.70 bits per heavy atom. The predicted octanol–water partition coefficient (Wildman–Crippen LogP) is 1.79. The number of nitrogens with one attached hydrogen (secondary N) is 1. The quantitative estimate of drug-likeness (QED) is 0.872. The second-order valence-corrected chi connectivity index (χ2v) is 4.40. The van der Waals surface area contributed by atoms with Crippen LogP contribution in [0.5, 0.6) is 5.75 Å². The van der Waals surface area contributed by atoms with Gasteiger partial charge in [0.1, 0.15) is 5.75 Å². The molecule has 0 aliphatic heterocycles. The molecular formula is C14H18N4O2. The van der Waals surface area contributed by atoms with Crippen LogP contribution in [-0.2, 0) is 18.3 Å². The van der Waals surface area contributed by atoms with E-state index in [4.69, 9.17) is 4.74 Å². The Kier molecular flexibility index (Phi) is 4.70. The fraction of sp³-hybridized carbons (Fsp3) is 0.357. The molecule has 106 valence electrons. The fourth-order valence-corrected chi connectivity index (χ4v) is 1.79. The van der Waals surface area contributed by atoms with E-state index in [2.05, 4.69) is 15.6 Å². The molecule has 0 aliphatic rings. The number of ether oxygens (including phenoxy) is 1. The third-order valence-corrected chi connectivity index (χ3v) is 2.75. The van der Waals surface area contributed by atoms with E-state index in [9.17, 15) is 4.79 Å². The summed E-state index contributed by atoms with van der Waals surface area (Å²) in [5, 5.41) is 10.3. The van der Waals surface area contributed by atoms with E-state index in [1.807, 2.05) is 31.2 Å². The molecule has 0 bridgehead atoms. The number of carbonyl (C=O) groups excluding carboxylic acids is 1. The standard InChI is InChI=1S/C14H18N4O2/c1-3-20-12-7-4-11(5-8-12)6-9-14(19)15-13-10-18(2)17-16-13/h4-5,7-8,10H,3,6,9H2,1-2H3,(H,15,19). The van der Waals surface area contributed by atoms with Crippen LogP contribution >= 0.6 is 0 Å². The molecule has 0 unspecified atom stereocenters. The van der Waals surface area contributed by atoms with E-state index in [1.165, 1.54) is 0 Å². The molecule has 2 aromatic rings. The predicted molar refractivity (Wildman–Crippen MR) is 75.6 cm³/mol. The highest BCUT2D eigenvalue weighted by atomic mass is 16.5. The molecule has 1 aromatic carbocycles. The summed E-state index contributed by atoms with van der Waals surface area (Å²) in [6, 6.07) is 7.78. The summed E-state index contributed by atoms with van der Waals surface area (Å²) < 4.78 is 6.91. The molecule has 0 atom stereocenters. The van der Waals surface area contributed by atoms with Gasteiger partial charge in [-0.2, -0.15) is 0 Å². The van der Waals surface area contributed by atoms with Gasteiger partial charge in [0.05, 0.1) is 12.8 Å². The Bertz CT molecular complexity index is 563. The smallest absolute Gasteiger partial charge is 0.225 e. The van der Waals surface area contributed by atoms with Crippen LogP contribution in [0, 0.1) is 0 Å². The summed E-state index contributed by atoms with van der Waals surface area (Å²) in [7, 11) is 1.75. The number of nitrogens with zero attached hydrogens (tertiary/aromatic N) is 3. The molecular weight excluding hydrogens is 256 g/mol. The Hall–Kier alpha value is -2.37. The van der Waals surface area contributed by atoms with Gasteiger partial charge in [0.15, 0.2) is 5.82 Å². The molecule has 2 rings (SSSR count). The molecule has 1 N–H and O–H groups in total. The van der Waals surface area contributed by atoms with Crippen LogP contribution in [0.3, 0.4) is 0 Å². The first-order valence-corrected chi connectivity index (χ1v) is 6.55. The van der Waals surface area contributed by atoms with Crippen molar-refractivity contribution in [1.29, 1.82) is 0 Å². The van der Waals surface area contributed by atoms with Crippen LogP contribution in [0.25, 0.3) is 0 Å². The highest BCUT2D eigenvalue weighted by molar-refractivity contribution is 5.89. The number of anilines is 1. The molecule has 1 aromatic heterocycles. The molecule has 1 amide bonds. The van der Waals surface area contributed by atoms with Crippen molar-refractivity contribution in [3.8, 4) is 5.75 Å². The van der Waals surface area contributed by atoms with Gasteiger partial charge in [0.25, 0.3) is 0 Å². The van der Waals surface area contributed by atoms with Gasteiger partial charge in [-0.25, -0.2) is 0 Å². The molecule has 0 spiro atoms. The zero-order valence-corrected chi connectivity index (χ0v) is 11.7. The summed E-state index contributed by atoms with van der Waals surface area (Å²) in [5.74, 6) is 1.25. The topological polar surface area (TPSA) is 69.0 Å². The number of aromatic nitrogens is 3. The van der Waals surface area contributed by atoms with E-state index >= 15 is 0 Å². The van der Waals surface area contributed by atoms with Crippen molar-refractivity contribution in [2.45, 2.75) is 19.8 Å². The maximum Gasteiger partial charge on any atom is 0.225 e. The van der Waals surface area contributed by atoms with Crippen LogP contribution in [0.15, 0.2) is 30.5 Å². The van der Waals surface area contributed by atoms with Crippen molar-refractivity contribution < 1.29 is 9.53 Å². The first kappa shape index (κ1) is 14.0. The van der Waals surface area contributed by atoms with E-state index in [0.717, 1.165) is 11.3 Å². The molecule has 0 saturated carbocycles. The number of rotatable bonds is 6. The molecule has 20 heavy (non-hydrogen) atoms. The van der Waals surface area contributed by atoms with Gasteiger partial charge in [-0.1, -0.05) is 17.3 Å². The first-order valence-electron chi connectivity index (χ1n) is 6.55. The number of aryl methyl sites for hydroxylation is 2. The molecule has 6 heteroatoms. The maximum atomic E-state index is 11.8. The summed E-state index contributed by atoms with van der Waals surface area (Å²) in [6.45, 7) is 2.60. The van der Waals surface area contributed by atoms with Gasteiger partial charge < -0.3 is 10.1 Å². The Labute approximate surface area is 117 Å². The van der Waals surface area contributed by atoms with Crippen LogP contribution in [0.2, 0.25) is 0 Å². The first-order chi connectivity index (χ1) is 9.67. The lowest BCUT2D eigenvalue weighted by Crippen LogP contribution is -2.12. The second kappa shape index (κ2) is 6.70. The van der Waals surface area contributed by atoms with E-state index in [1.54, 1.807) is 17.9 Å². The van der Waals surface area contributed by atoms with Gasteiger partial charge in [-0.3, -0.25) is 9.48 Å². The average Bonchev–Trinajstić information content (AvgIpc) is 2.84. The third-order valence-electron chi connectivity index (χ3n) is 2.75. The van der Waals surface area contributed by atoms with Gasteiger partial charge in [-0.15, -0.1) is 5.10 Å². The van der Waals surface area contributed by atoms with E-state index in [-0.39, 0.29) is 5.91 Å². The van der Waals surface area contributed by atoms with Crippen LogP contribution < -0.4 is 10.1 Å². The lowest BCUT2D eigenvalue weighted by atomic mass is 10.1. The molecule has 0 saturated heterocycles. The summed E-state index contributed by atoms with van der Waals surface area (Å²) in [5.41, 5.74) is 1.10. The van der Waals surface area contributed by atoms with E-state index < -0.39 is 0 Å². The number of hydrogen-bond donors (Lipinski definition) is 1. The maximum absolute atomic E-state index is 11.8. The normalized spacial score (nSPS) is 10.3. The number of benzene rings is 1. The van der Waals surface area contributed by atoms with Crippen molar-refractivity contribution in [2.75, 3.05) is 11.9 Å². The van der Waals surface area contributed by atoms with Crippen molar-refractivity contribution in [3.05, 3.63) is 36.0 Å². The number of carbonyl (C=O) groups is 1.